The molecule has 0 saturated carbocycles. The summed E-state index contributed by atoms with van der Waals surface area (Å²) in [5.74, 6) is 0. The van der Waals surface area contributed by atoms with E-state index < -0.39 is 23.1 Å². The van der Waals surface area contributed by atoms with Gasteiger partial charge in [0.2, 0.25) is 0 Å². The molecule has 4 rings (SSSR count). The van der Waals surface area contributed by atoms with E-state index in [4.69, 9.17) is 0 Å². The summed E-state index contributed by atoms with van der Waals surface area (Å²) in [4.78, 5) is 24.8. The van der Waals surface area contributed by atoms with Gasteiger partial charge in [0.1, 0.15) is 0 Å². The molecule has 0 saturated heterocycles. The standard InChI is InChI=1S/C14H10F3N3O2/c15-14(16,17)8-2-1-3-9(6-8)18-12(21)19-10-4-5-11(7-10)20(19)13(18)22/h1-6,10-11H,7H2. The highest BCUT2D eigenvalue weighted by atomic mass is 19.4. The number of allylic oxidation sites excluding steroid dienone is 2. The average molecular weight is 309 g/mol. The predicted octanol–water partition coefficient (Wildman–Crippen LogP) is 1.88. The molecule has 0 radical (unpaired) electrons. The van der Waals surface area contributed by atoms with Crippen molar-refractivity contribution in [1.29, 1.82) is 0 Å². The Bertz CT molecular complexity index is 873. The zero-order chi connectivity index (χ0) is 15.6. The minimum absolute atomic E-state index is 0.0707. The van der Waals surface area contributed by atoms with Gasteiger partial charge in [-0.3, -0.25) is 0 Å². The maximum absolute atomic E-state index is 12.8. The molecule has 0 fully saturated rings. The molecule has 0 N–H and O–H groups in total. The third-order valence-corrected chi connectivity index (χ3v) is 4.11. The van der Waals surface area contributed by atoms with Crippen LogP contribution in [0.15, 0.2) is 46.0 Å². The van der Waals surface area contributed by atoms with Crippen molar-refractivity contribution >= 4 is 0 Å². The van der Waals surface area contributed by atoms with Crippen LogP contribution >= 0.6 is 0 Å². The van der Waals surface area contributed by atoms with Crippen molar-refractivity contribution in [1.82, 2.24) is 13.9 Å². The van der Waals surface area contributed by atoms with Crippen LogP contribution in [0.2, 0.25) is 0 Å². The number of benzene rings is 1. The molecule has 1 aromatic carbocycles. The molecule has 5 nitrogen and oxygen atoms in total. The summed E-state index contributed by atoms with van der Waals surface area (Å²) in [5, 5.41) is 0. The van der Waals surface area contributed by atoms with Crippen LogP contribution in [0.1, 0.15) is 24.1 Å². The Hall–Kier alpha value is -2.51. The Morgan fingerprint density at radius 2 is 1.59 bits per heavy atom. The molecule has 2 heterocycles. The van der Waals surface area contributed by atoms with E-state index in [1.165, 1.54) is 21.5 Å². The van der Waals surface area contributed by atoms with Crippen LogP contribution in [0.4, 0.5) is 13.2 Å². The van der Waals surface area contributed by atoms with E-state index in [1.54, 1.807) is 0 Å². The molecular formula is C14H10F3N3O2. The van der Waals surface area contributed by atoms with Crippen LogP contribution in [0.25, 0.3) is 5.69 Å². The predicted molar refractivity (Wildman–Crippen MR) is 71.1 cm³/mol. The van der Waals surface area contributed by atoms with Crippen molar-refractivity contribution in [3.8, 4) is 5.69 Å². The topological polar surface area (TPSA) is 48.9 Å². The van der Waals surface area contributed by atoms with Gasteiger partial charge in [-0.15, -0.1) is 0 Å². The first kappa shape index (κ1) is 13.2. The molecule has 2 unspecified atom stereocenters. The molecule has 22 heavy (non-hydrogen) atoms. The van der Waals surface area contributed by atoms with E-state index in [1.807, 2.05) is 12.2 Å². The molecule has 114 valence electrons. The molecule has 8 heteroatoms. The Morgan fingerprint density at radius 1 is 1.00 bits per heavy atom. The van der Waals surface area contributed by atoms with Gasteiger partial charge >= 0.3 is 17.6 Å². The highest BCUT2D eigenvalue weighted by Crippen LogP contribution is 2.36. The summed E-state index contributed by atoms with van der Waals surface area (Å²) in [7, 11) is 0. The van der Waals surface area contributed by atoms with Crippen molar-refractivity contribution in [2.24, 2.45) is 0 Å². The average Bonchev–Trinajstić information content (AvgIpc) is 3.12. The van der Waals surface area contributed by atoms with Gasteiger partial charge in [-0.1, -0.05) is 18.2 Å². The minimum Gasteiger partial charge on any atom is -0.245 e. The lowest BCUT2D eigenvalue weighted by molar-refractivity contribution is -0.137. The first-order chi connectivity index (χ1) is 10.4. The van der Waals surface area contributed by atoms with Crippen molar-refractivity contribution in [2.45, 2.75) is 24.7 Å². The molecule has 1 aliphatic carbocycles. The van der Waals surface area contributed by atoms with E-state index in [9.17, 15) is 22.8 Å². The normalized spacial score (nSPS) is 22.3. The van der Waals surface area contributed by atoms with Gasteiger partial charge in [0.05, 0.1) is 23.3 Å². The number of rotatable bonds is 1. The van der Waals surface area contributed by atoms with Gasteiger partial charge in [-0.2, -0.15) is 13.2 Å². The molecular weight excluding hydrogens is 299 g/mol. The maximum Gasteiger partial charge on any atom is 0.416 e. The van der Waals surface area contributed by atoms with Crippen molar-refractivity contribution in [2.75, 3.05) is 0 Å². The summed E-state index contributed by atoms with van der Waals surface area (Å²) < 4.78 is 41.8. The second-order valence-corrected chi connectivity index (χ2v) is 5.39. The zero-order valence-corrected chi connectivity index (χ0v) is 11.1. The van der Waals surface area contributed by atoms with Crippen LogP contribution < -0.4 is 11.4 Å². The smallest absolute Gasteiger partial charge is 0.245 e. The first-order valence-corrected chi connectivity index (χ1v) is 6.70. The number of fused-ring (bicyclic) bond motifs is 5. The molecule has 2 atom stereocenters. The molecule has 1 aliphatic heterocycles. The monoisotopic (exact) mass is 309 g/mol. The van der Waals surface area contributed by atoms with Crippen LogP contribution in [0.3, 0.4) is 0 Å². The summed E-state index contributed by atoms with van der Waals surface area (Å²) in [6, 6.07) is 3.83. The quantitative estimate of drug-likeness (QED) is 0.755. The Morgan fingerprint density at radius 3 is 2.14 bits per heavy atom. The van der Waals surface area contributed by atoms with E-state index >= 15 is 0 Å². The number of hydrogen-bond acceptors (Lipinski definition) is 2. The minimum atomic E-state index is -4.53. The SMILES string of the molecule is O=c1n(-c2cccc(C(F)(F)F)c2)c(=O)n2n1C1C=CC2C1. The van der Waals surface area contributed by atoms with Gasteiger partial charge in [0.15, 0.2) is 0 Å². The number of aromatic nitrogens is 3. The fraction of sp³-hybridized carbons (Fsp3) is 0.286. The van der Waals surface area contributed by atoms with Crippen molar-refractivity contribution in [3.05, 3.63) is 62.9 Å². The first-order valence-electron chi connectivity index (χ1n) is 6.70. The van der Waals surface area contributed by atoms with Crippen LogP contribution in [0, 0.1) is 0 Å². The van der Waals surface area contributed by atoms with Gasteiger partial charge in [0, 0.05) is 0 Å². The zero-order valence-electron chi connectivity index (χ0n) is 11.1. The second-order valence-electron chi connectivity index (χ2n) is 5.39. The fourth-order valence-corrected chi connectivity index (χ4v) is 3.14. The van der Waals surface area contributed by atoms with E-state index in [0.717, 1.165) is 16.7 Å². The third-order valence-electron chi connectivity index (χ3n) is 4.11. The van der Waals surface area contributed by atoms with E-state index in [2.05, 4.69) is 0 Å². The molecule has 0 spiro atoms. The molecule has 2 aliphatic rings. The molecule has 0 amide bonds. The number of alkyl halides is 3. The molecule has 1 aromatic heterocycles. The maximum atomic E-state index is 12.8. The van der Waals surface area contributed by atoms with Crippen LogP contribution in [0.5, 0.6) is 0 Å². The summed E-state index contributed by atoms with van der Waals surface area (Å²) in [6.45, 7) is 0. The van der Waals surface area contributed by atoms with Crippen molar-refractivity contribution < 1.29 is 13.2 Å². The van der Waals surface area contributed by atoms with E-state index in [0.29, 0.717) is 6.42 Å². The summed E-state index contributed by atoms with van der Waals surface area (Å²) in [6.07, 6.45) is -0.212. The number of halogens is 3. The largest absolute Gasteiger partial charge is 0.416 e. The lowest BCUT2D eigenvalue weighted by Crippen LogP contribution is -2.29. The van der Waals surface area contributed by atoms with Gasteiger partial charge in [-0.05, 0) is 24.6 Å². The molecule has 2 aromatic rings. The number of nitrogens with zero attached hydrogens (tertiary/aromatic N) is 3. The van der Waals surface area contributed by atoms with Crippen LogP contribution in [-0.4, -0.2) is 13.9 Å². The van der Waals surface area contributed by atoms with Gasteiger partial charge in [0.25, 0.3) is 0 Å². The number of hydrogen-bond donors (Lipinski definition) is 0. The Balaban J connectivity index is 1.93. The Kier molecular flexibility index (Phi) is 2.41. The lowest BCUT2D eigenvalue weighted by atomic mass is 10.2. The van der Waals surface area contributed by atoms with E-state index in [-0.39, 0.29) is 17.8 Å². The summed E-state index contributed by atoms with van der Waals surface area (Å²) >= 11 is 0. The van der Waals surface area contributed by atoms with Crippen LogP contribution in [-0.2, 0) is 6.18 Å². The van der Waals surface area contributed by atoms with Crippen molar-refractivity contribution in [3.63, 3.8) is 0 Å². The third kappa shape index (κ3) is 1.60. The highest BCUT2D eigenvalue weighted by molar-refractivity contribution is 5.37. The lowest BCUT2D eigenvalue weighted by Gasteiger charge is -2.08. The second kappa shape index (κ2) is 4.02. The molecule has 2 bridgehead atoms. The Labute approximate surface area is 121 Å². The fourth-order valence-electron chi connectivity index (χ4n) is 3.14. The van der Waals surface area contributed by atoms with Gasteiger partial charge in [-0.25, -0.2) is 23.5 Å². The van der Waals surface area contributed by atoms with Gasteiger partial charge < -0.3 is 0 Å². The summed E-state index contributed by atoms with van der Waals surface area (Å²) in [5.41, 5.74) is -2.19. The highest BCUT2D eigenvalue weighted by Gasteiger charge is 2.37.